The summed E-state index contributed by atoms with van der Waals surface area (Å²) in [7, 11) is 0. The predicted molar refractivity (Wildman–Crippen MR) is 86.2 cm³/mol. The molecule has 1 aromatic carbocycles. The Labute approximate surface area is 135 Å². The van der Waals surface area contributed by atoms with E-state index < -0.39 is 5.97 Å². The Kier molecular flexibility index (Phi) is 5.72. The van der Waals surface area contributed by atoms with Crippen molar-refractivity contribution < 1.29 is 14.7 Å². The fourth-order valence-electron chi connectivity index (χ4n) is 2.75. The molecule has 6 nitrogen and oxygen atoms in total. The molecule has 6 heteroatoms. The number of aromatic carboxylic acids is 1. The zero-order chi connectivity index (χ0) is 16.8. The zero-order valence-electron chi connectivity index (χ0n) is 13.2. The number of piperidine rings is 1. The second kappa shape index (κ2) is 7.75. The van der Waals surface area contributed by atoms with Crippen LogP contribution in [-0.2, 0) is 4.79 Å². The van der Waals surface area contributed by atoms with Crippen molar-refractivity contribution in [3.63, 3.8) is 0 Å². The predicted octanol–water partition coefficient (Wildman–Crippen LogP) is 2.26. The molecule has 122 valence electrons. The average molecular weight is 315 g/mol. The Morgan fingerprint density at radius 1 is 1.39 bits per heavy atom. The lowest BCUT2D eigenvalue weighted by atomic mass is 9.95. The molecule has 2 N–H and O–H groups in total. The van der Waals surface area contributed by atoms with Gasteiger partial charge in [0.1, 0.15) is 0 Å². The Bertz CT molecular complexity index is 628. The van der Waals surface area contributed by atoms with E-state index in [2.05, 4.69) is 16.3 Å². The van der Waals surface area contributed by atoms with Gasteiger partial charge in [0.25, 0.3) is 0 Å². The summed E-state index contributed by atoms with van der Waals surface area (Å²) in [6.45, 7) is 4.22. The van der Waals surface area contributed by atoms with Crippen LogP contribution in [0.2, 0.25) is 0 Å². The van der Waals surface area contributed by atoms with E-state index in [0.717, 1.165) is 38.0 Å². The maximum Gasteiger partial charge on any atom is 0.335 e. The SMILES string of the molecule is Cc1ccc(C(=O)O)cc1NC(=O)C1CCN(CCC#N)CC1. The molecule has 0 radical (unpaired) electrons. The van der Waals surface area contributed by atoms with Crippen LogP contribution in [0, 0.1) is 24.2 Å². The van der Waals surface area contributed by atoms with E-state index in [4.69, 9.17) is 10.4 Å². The lowest BCUT2D eigenvalue weighted by Crippen LogP contribution is -2.38. The van der Waals surface area contributed by atoms with E-state index in [1.54, 1.807) is 6.07 Å². The first-order valence-corrected chi connectivity index (χ1v) is 7.75. The number of amides is 1. The molecule has 0 atom stereocenters. The summed E-state index contributed by atoms with van der Waals surface area (Å²) >= 11 is 0. The Morgan fingerprint density at radius 3 is 2.70 bits per heavy atom. The van der Waals surface area contributed by atoms with Gasteiger partial charge in [-0.3, -0.25) is 4.79 Å². The first-order valence-electron chi connectivity index (χ1n) is 7.75. The normalized spacial score (nSPS) is 15.8. The van der Waals surface area contributed by atoms with Gasteiger partial charge >= 0.3 is 5.97 Å². The number of likely N-dealkylation sites (tertiary alicyclic amines) is 1. The maximum absolute atomic E-state index is 12.4. The number of rotatable bonds is 5. The molecule has 1 heterocycles. The molecular formula is C17H21N3O3. The number of carbonyl (C=O) groups is 2. The van der Waals surface area contributed by atoms with Crippen molar-refractivity contribution in [2.24, 2.45) is 5.92 Å². The molecule has 1 aliphatic heterocycles. The van der Waals surface area contributed by atoms with Crippen LogP contribution in [0.1, 0.15) is 35.2 Å². The number of nitrogens with zero attached hydrogens (tertiary/aromatic N) is 2. The molecule has 0 aromatic heterocycles. The molecule has 1 fully saturated rings. The smallest absolute Gasteiger partial charge is 0.335 e. The lowest BCUT2D eigenvalue weighted by molar-refractivity contribution is -0.121. The van der Waals surface area contributed by atoms with Gasteiger partial charge in [0.15, 0.2) is 0 Å². The minimum atomic E-state index is -1.01. The van der Waals surface area contributed by atoms with Crippen LogP contribution in [-0.4, -0.2) is 41.5 Å². The van der Waals surface area contributed by atoms with E-state index in [-0.39, 0.29) is 17.4 Å². The summed E-state index contributed by atoms with van der Waals surface area (Å²) in [4.78, 5) is 25.6. The Morgan fingerprint density at radius 2 is 2.09 bits per heavy atom. The third-order valence-corrected chi connectivity index (χ3v) is 4.24. The molecule has 0 saturated carbocycles. The van der Waals surface area contributed by atoms with Crippen LogP contribution in [0.4, 0.5) is 5.69 Å². The zero-order valence-corrected chi connectivity index (χ0v) is 13.2. The number of carbonyl (C=O) groups excluding carboxylic acids is 1. The van der Waals surface area contributed by atoms with Gasteiger partial charge in [0, 0.05) is 24.6 Å². The minimum absolute atomic E-state index is 0.0597. The van der Waals surface area contributed by atoms with Crippen LogP contribution in [0.5, 0.6) is 0 Å². The number of aryl methyl sites for hydroxylation is 1. The highest BCUT2D eigenvalue weighted by atomic mass is 16.4. The van der Waals surface area contributed by atoms with E-state index in [1.807, 2.05) is 6.92 Å². The van der Waals surface area contributed by atoms with Crippen molar-refractivity contribution in [2.75, 3.05) is 25.0 Å². The number of carboxylic acids is 1. The summed E-state index contributed by atoms with van der Waals surface area (Å²) in [5, 5.41) is 20.5. The summed E-state index contributed by atoms with van der Waals surface area (Å²) in [5.41, 5.74) is 1.56. The Balaban J connectivity index is 1.94. The number of carboxylic acid groups (broad SMARTS) is 1. The second-order valence-electron chi connectivity index (χ2n) is 5.85. The molecule has 0 unspecified atom stereocenters. The molecule has 1 amide bonds. The highest BCUT2D eigenvalue weighted by Crippen LogP contribution is 2.22. The van der Waals surface area contributed by atoms with Gasteiger partial charge in [-0.15, -0.1) is 0 Å². The number of benzene rings is 1. The summed E-state index contributed by atoms with van der Waals surface area (Å²) in [6.07, 6.45) is 2.03. The van der Waals surface area contributed by atoms with E-state index >= 15 is 0 Å². The van der Waals surface area contributed by atoms with Crippen LogP contribution < -0.4 is 5.32 Å². The summed E-state index contributed by atoms with van der Waals surface area (Å²) < 4.78 is 0. The molecule has 0 bridgehead atoms. The third-order valence-electron chi connectivity index (χ3n) is 4.24. The van der Waals surface area contributed by atoms with Crippen molar-refractivity contribution in [3.8, 4) is 6.07 Å². The van der Waals surface area contributed by atoms with Gasteiger partial charge in [-0.05, 0) is 50.6 Å². The number of nitrogens with one attached hydrogen (secondary N) is 1. The average Bonchev–Trinajstić information content (AvgIpc) is 2.55. The first-order chi connectivity index (χ1) is 11.0. The van der Waals surface area contributed by atoms with Gasteiger partial charge in [-0.1, -0.05) is 6.07 Å². The topological polar surface area (TPSA) is 93.4 Å². The first kappa shape index (κ1) is 17.0. The largest absolute Gasteiger partial charge is 0.478 e. The van der Waals surface area contributed by atoms with Crippen molar-refractivity contribution >= 4 is 17.6 Å². The molecule has 1 saturated heterocycles. The second-order valence-corrected chi connectivity index (χ2v) is 5.85. The molecule has 2 rings (SSSR count). The van der Waals surface area contributed by atoms with Crippen LogP contribution in [0.25, 0.3) is 0 Å². The van der Waals surface area contributed by atoms with Gasteiger partial charge < -0.3 is 15.3 Å². The van der Waals surface area contributed by atoms with E-state index in [1.165, 1.54) is 12.1 Å². The van der Waals surface area contributed by atoms with Crippen molar-refractivity contribution in [1.29, 1.82) is 5.26 Å². The fourth-order valence-corrected chi connectivity index (χ4v) is 2.75. The quantitative estimate of drug-likeness (QED) is 0.869. The van der Waals surface area contributed by atoms with E-state index in [0.29, 0.717) is 12.1 Å². The Hall–Kier alpha value is -2.39. The van der Waals surface area contributed by atoms with Gasteiger partial charge in [0.05, 0.1) is 11.6 Å². The highest BCUT2D eigenvalue weighted by molar-refractivity contribution is 5.95. The molecule has 23 heavy (non-hydrogen) atoms. The van der Waals surface area contributed by atoms with Gasteiger partial charge in [0.2, 0.25) is 5.91 Å². The summed E-state index contributed by atoms with van der Waals surface area (Å²) in [5.74, 6) is -1.14. The summed E-state index contributed by atoms with van der Waals surface area (Å²) in [6, 6.07) is 6.86. The fraction of sp³-hybridized carbons (Fsp3) is 0.471. The maximum atomic E-state index is 12.4. The molecule has 0 aliphatic carbocycles. The lowest BCUT2D eigenvalue weighted by Gasteiger charge is -2.30. The highest BCUT2D eigenvalue weighted by Gasteiger charge is 2.25. The molecular weight excluding hydrogens is 294 g/mol. The standard InChI is InChI=1S/C17H21N3O3/c1-12-3-4-14(17(22)23)11-15(12)19-16(21)13-5-9-20(10-6-13)8-2-7-18/h3-4,11,13H,2,5-6,8-10H2,1H3,(H,19,21)(H,22,23). The number of anilines is 1. The monoisotopic (exact) mass is 315 g/mol. The van der Waals surface area contributed by atoms with Crippen molar-refractivity contribution in [1.82, 2.24) is 4.90 Å². The number of hydrogen-bond donors (Lipinski definition) is 2. The molecule has 1 aliphatic rings. The van der Waals surface area contributed by atoms with Crippen molar-refractivity contribution in [3.05, 3.63) is 29.3 Å². The third kappa shape index (κ3) is 4.54. The molecule has 1 aromatic rings. The number of nitriles is 1. The van der Waals surface area contributed by atoms with Crippen molar-refractivity contribution in [2.45, 2.75) is 26.2 Å². The van der Waals surface area contributed by atoms with Crippen LogP contribution in [0.3, 0.4) is 0 Å². The van der Waals surface area contributed by atoms with E-state index in [9.17, 15) is 9.59 Å². The molecule has 0 spiro atoms. The van der Waals surface area contributed by atoms with Crippen LogP contribution in [0.15, 0.2) is 18.2 Å². The van der Waals surface area contributed by atoms with Gasteiger partial charge in [-0.25, -0.2) is 4.79 Å². The van der Waals surface area contributed by atoms with Crippen LogP contribution >= 0.6 is 0 Å². The van der Waals surface area contributed by atoms with Gasteiger partial charge in [-0.2, -0.15) is 5.26 Å². The number of hydrogen-bond acceptors (Lipinski definition) is 4. The minimum Gasteiger partial charge on any atom is -0.478 e.